The number of nitrogens with one attached hydrogen (secondary N) is 1. The lowest BCUT2D eigenvalue weighted by molar-refractivity contribution is -0.119. The molecule has 5 nitrogen and oxygen atoms in total. The number of phenols is 1. The predicted molar refractivity (Wildman–Crippen MR) is 107 cm³/mol. The molecule has 0 saturated heterocycles. The largest absolute Gasteiger partial charge is 0.508 e. The van der Waals surface area contributed by atoms with Gasteiger partial charge in [-0.3, -0.25) is 4.79 Å². The van der Waals surface area contributed by atoms with E-state index >= 15 is 0 Å². The van der Waals surface area contributed by atoms with Crippen LogP contribution in [-0.2, 0) is 16.0 Å². The highest BCUT2D eigenvalue weighted by Gasteiger charge is 2.13. The Balaban J connectivity index is 1.60. The van der Waals surface area contributed by atoms with E-state index < -0.39 is 18.5 Å². The van der Waals surface area contributed by atoms with Crippen molar-refractivity contribution in [3.63, 3.8) is 0 Å². The van der Waals surface area contributed by atoms with Crippen molar-refractivity contribution in [1.82, 2.24) is 0 Å². The maximum Gasteiger partial charge on any atom is 0.338 e. The van der Waals surface area contributed by atoms with Crippen LogP contribution >= 0.6 is 0 Å². The van der Waals surface area contributed by atoms with Gasteiger partial charge in [0.15, 0.2) is 6.61 Å². The van der Waals surface area contributed by atoms with E-state index in [4.69, 9.17) is 4.74 Å². The van der Waals surface area contributed by atoms with Crippen molar-refractivity contribution in [2.45, 2.75) is 13.3 Å². The van der Waals surface area contributed by atoms with Crippen LogP contribution < -0.4 is 5.32 Å². The molecule has 3 aromatic carbocycles. The molecule has 0 aliphatic carbocycles. The number of phenolic OH excluding ortho intramolecular Hbond substituents is 1. The fourth-order valence-electron chi connectivity index (χ4n) is 2.75. The van der Waals surface area contributed by atoms with Crippen LogP contribution in [0.15, 0.2) is 72.8 Å². The average Bonchev–Trinajstić information content (AvgIpc) is 2.70. The molecule has 0 aliphatic heterocycles. The molecule has 2 N–H and O–H groups in total. The van der Waals surface area contributed by atoms with E-state index in [9.17, 15) is 14.7 Å². The van der Waals surface area contributed by atoms with E-state index in [1.807, 2.05) is 54.6 Å². The Morgan fingerprint density at radius 3 is 2.43 bits per heavy atom. The van der Waals surface area contributed by atoms with Crippen LogP contribution in [0.25, 0.3) is 0 Å². The van der Waals surface area contributed by atoms with E-state index in [-0.39, 0.29) is 11.3 Å². The highest BCUT2D eigenvalue weighted by molar-refractivity contribution is 5.96. The van der Waals surface area contributed by atoms with Crippen LogP contribution in [0.5, 0.6) is 5.75 Å². The van der Waals surface area contributed by atoms with Gasteiger partial charge in [-0.2, -0.15) is 0 Å². The van der Waals surface area contributed by atoms with Crippen LogP contribution in [0.4, 0.5) is 5.69 Å². The number of rotatable bonds is 6. The van der Waals surface area contributed by atoms with Crippen molar-refractivity contribution in [3.05, 3.63) is 95.1 Å². The molecular formula is C23H21NO4. The highest BCUT2D eigenvalue weighted by atomic mass is 16.5. The summed E-state index contributed by atoms with van der Waals surface area (Å²) in [6.07, 6.45) is 0.680. The van der Waals surface area contributed by atoms with Crippen LogP contribution in [0.1, 0.15) is 27.0 Å². The van der Waals surface area contributed by atoms with Crippen LogP contribution in [-0.4, -0.2) is 23.6 Å². The number of benzene rings is 3. The molecule has 0 spiro atoms. The lowest BCUT2D eigenvalue weighted by Gasteiger charge is -2.12. The summed E-state index contributed by atoms with van der Waals surface area (Å²) in [4.78, 5) is 24.3. The first kappa shape index (κ1) is 19.2. The molecule has 1 amide bonds. The Morgan fingerprint density at radius 2 is 1.68 bits per heavy atom. The normalized spacial score (nSPS) is 10.3. The highest BCUT2D eigenvalue weighted by Crippen LogP contribution is 2.20. The smallest absolute Gasteiger partial charge is 0.338 e. The number of hydrogen-bond acceptors (Lipinski definition) is 4. The molecule has 0 unspecified atom stereocenters. The summed E-state index contributed by atoms with van der Waals surface area (Å²) in [7, 11) is 0. The van der Waals surface area contributed by atoms with Crippen LogP contribution in [0.3, 0.4) is 0 Å². The number of anilines is 1. The molecule has 0 radical (unpaired) electrons. The zero-order valence-electron chi connectivity index (χ0n) is 15.5. The molecule has 142 valence electrons. The molecule has 0 aromatic heterocycles. The molecule has 0 heterocycles. The lowest BCUT2D eigenvalue weighted by Crippen LogP contribution is -2.21. The quantitative estimate of drug-likeness (QED) is 0.637. The van der Waals surface area contributed by atoms with Crippen molar-refractivity contribution in [2.75, 3.05) is 11.9 Å². The Kier molecular flexibility index (Phi) is 6.07. The van der Waals surface area contributed by atoms with Crippen molar-refractivity contribution < 1.29 is 19.4 Å². The van der Waals surface area contributed by atoms with Gasteiger partial charge in [0.2, 0.25) is 0 Å². The molecule has 0 saturated carbocycles. The first-order valence-corrected chi connectivity index (χ1v) is 8.91. The Hall–Kier alpha value is -3.60. The molecular weight excluding hydrogens is 354 g/mol. The third kappa shape index (κ3) is 4.98. The van der Waals surface area contributed by atoms with Gasteiger partial charge in [-0.25, -0.2) is 4.79 Å². The third-order valence-corrected chi connectivity index (χ3v) is 4.31. The minimum Gasteiger partial charge on any atom is -0.508 e. The summed E-state index contributed by atoms with van der Waals surface area (Å²) in [5, 5.41) is 12.5. The molecule has 5 heteroatoms. The van der Waals surface area contributed by atoms with E-state index in [0.717, 1.165) is 11.1 Å². The van der Waals surface area contributed by atoms with Gasteiger partial charge in [0.05, 0.1) is 5.56 Å². The second-order valence-electron chi connectivity index (χ2n) is 6.45. The number of amides is 1. The van der Waals surface area contributed by atoms with Gasteiger partial charge < -0.3 is 15.2 Å². The Bertz CT molecular complexity index is 983. The molecule has 3 aromatic rings. The maximum atomic E-state index is 12.2. The van der Waals surface area contributed by atoms with Gasteiger partial charge in [0, 0.05) is 5.69 Å². The summed E-state index contributed by atoms with van der Waals surface area (Å²) in [5.74, 6) is -1.08. The SMILES string of the molecule is Cc1ccc(C(=O)OCC(=O)Nc2ccccc2Cc2ccccc2)cc1O. The first-order chi connectivity index (χ1) is 13.5. The third-order valence-electron chi connectivity index (χ3n) is 4.31. The standard InChI is InChI=1S/C23H21NO4/c1-16-11-12-19(14-21(16)25)23(27)28-15-22(26)24-20-10-6-5-9-18(20)13-17-7-3-2-4-8-17/h2-12,14,25H,13,15H2,1H3,(H,24,26). The molecule has 0 aliphatic rings. The fraction of sp³-hybridized carbons (Fsp3) is 0.130. The summed E-state index contributed by atoms with van der Waals surface area (Å²) >= 11 is 0. The van der Waals surface area contributed by atoms with Crippen molar-refractivity contribution >= 4 is 17.6 Å². The van der Waals surface area contributed by atoms with Crippen molar-refractivity contribution in [3.8, 4) is 5.75 Å². The minimum absolute atomic E-state index is 0.00809. The minimum atomic E-state index is -0.664. The average molecular weight is 375 g/mol. The zero-order chi connectivity index (χ0) is 19.9. The number of carbonyl (C=O) groups excluding carboxylic acids is 2. The first-order valence-electron chi connectivity index (χ1n) is 8.91. The lowest BCUT2D eigenvalue weighted by atomic mass is 10.0. The number of para-hydroxylation sites is 1. The summed E-state index contributed by atoms with van der Waals surface area (Å²) in [5.41, 5.74) is 3.64. The van der Waals surface area contributed by atoms with Crippen LogP contribution in [0.2, 0.25) is 0 Å². The van der Waals surface area contributed by atoms with Gasteiger partial charge in [-0.1, -0.05) is 54.6 Å². The Labute approximate surface area is 163 Å². The monoisotopic (exact) mass is 375 g/mol. The fourth-order valence-corrected chi connectivity index (χ4v) is 2.75. The number of ether oxygens (including phenoxy) is 1. The zero-order valence-corrected chi connectivity index (χ0v) is 15.5. The van der Waals surface area contributed by atoms with Gasteiger partial charge >= 0.3 is 5.97 Å². The Morgan fingerprint density at radius 1 is 0.964 bits per heavy atom. The molecule has 28 heavy (non-hydrogen) atoms. The molecule has 0 atom stereocenters. The van der Waals surface area contributed by atoms with Gasteiger partial charge in [-0.15, -0.1) is 0 Å². The topological polar surface area (TPSA) is 75.6 Å². The molecule has 3 rings (SSSR count). The number of aromatic hydroxyl groups is 1. The van der Waals surface area contributed by atoms with Crippen LogP contribution in [0, 0.1) is 6.92 Å². The van der Waals surface area contributed by atoms with Gasteiger partial charge in [0.25, 0.3) is 5.91 Å². The summed E-state index contributed by atoms with van der Waals surface area (Å²) < 4.78 is 5.05. The number of aryl methyl sites for hydroxylation is 1. The summed E-state index contributed by atoms with van der Waals surface area (Å²) in [6, 6.07) is 22.0. The number of esters is 1. The second kappa shape index (κ2) is 8.86. The van der Waals surface area contributed by atoms with E-state index in [1.165, 1.54) is 6.07 Å². The molecule has 0 fully saturated rings. The maximum absolute atomic E-state index is 12.2. The number of carbonyl (C=O) groups is 2. The number of hydrogen-bond donors (Lipinski definition) is 2. The van der Waals surface area contributed by atoms with Crippen molar-refractivity contribution in [1.29, 1.82) is 0 Å². The van der Waals surface area contributed by atoms with E-state index in [2.05, 4.69) is 5.32 Å². The van der Waals surface area contributed by atoms with Gasteiger partial charge in [-0.05, 0) is 48.2 Å². The van der Waals surface area contributed by atoms with Crippen molar-refractivity contribution in [2.24, 2.45) is 0 Å². The summed E-state index contributed by atoms with van der Waals surface area (Å²) in [6.45, 7) is 1.32. The second-order valence-corrected chi connectivity index (χ2v) is 6.45. The van der Waals surface area contributed by atoms with E-state index in [1.54, 1.807) is 19.1 Å². The molecule has 0 bridgehead atoms. The van der Waals surface area contributed by atoms with E-state index in [0.29, 0.717) is 17.7 Å². The van der Waals surface area contributed by atoms with Gasteiger partial charge in [0.1, 0.15) is 5.75 Å². The predicted octanol–water partition coefficient (Wildman–Crippen LogP) is 4.09.